The lowest BCUT2D eigenvalue weighted by molar-refractivity contribution is 0.476. The Morgan fingerprint density at radius 2 is 1.75 bits per heavy atom. The second-order valence-electron chi connectivity index (χ2n) is 4.66. The third kappa shape index (κ3) is 3.17. The van der Waals surface area contributed by atoms with Gasteiger partial charge in [0.05, 0.1) is 10.0 Å². The SMILES string of the molecule is Cc1ccc(C(C)Nc2cc(Cl)c(O)c(Cl)c2)cc1F. The summed E-state index contributed by atoms with van der Waals surface area (Å²) in [5, 5.41) is 13.0. The van der Waals surface area contributed by atoms with Gasteiger partial charge in [-0.25, -0.2) is 4.39 Å². The van der Waals surface area contributed by atoms with E-state index in [1.54, 1.807) is 25.1 Å². The molecule has 0 heterocycles. The maximum absolute atomic E-state index is 13.6. The van der Waals surface area contributed by atoms with E-state index in [2.05, 4.69) is 5.32 Å². The Hall–Kier alpha value is -1.45. The first-order chi connectivity index (χ1) is 9.38. The fraction of sp³-hybridized carbons (Fsp3) is 0.200. The van der Waals surface area contributed by atoms with Crippen LogP contribution in [0.4, 0.5) is 10.1 Å². The molecule has 0 aliphatic carbocycles. The molecule has 0 fully saturated rings. The first-order valence-electron chi connectivity index (χ1n) is 6.09. The molecule has 0 radical (unpaired) electrons. The predicted molar refractivity (Wildman–Crippen MR) is 81.3 cm³/mol. The number of phenolic OH excluding ortho intramolecular Hbond substituents is 1. The summed E-state index contributed by atoms with van der Waals surface area (Å²) in [5.41, 5.74) is 2.08. The molecule has 1 unspecified atom stereocenters. The lowest BCUT2D eigenvalue weighted by atomic mass is 10.1. The van der Waals surface area contributed by atoms with Gasteiger partial charge in [-0.2, -0.15) is 0 Å². The Balaban J connectivity index is 2.23. The Kier molecular flexibility index (Phi) is 4.41. The number of hydrogen-bond acceptors (Lipinski definition) is 2. The van der Waals surface area contributed by atoms with Gasteiger partial charge < -0.3 is 10.4 Å². The summed E-state index contributed by atoms with van der Waals surface area (Å²) in [6.45, 7) is 3.62. The van der Waals surface area contributed by atoms with E-state index in [0.717, 1.165) is 5.56 Å². The Morgan fingerprint density at radius 3 is 2.30 bits per heavy atom. The van der Waals surface area contributed by atoms with Gasteiger partial charge >= 0.3 is 0 Å². The van der Waals surface area contributed by atoms with E-state index in [4.69, 9.17) is 23.2 Å². The zero-order chi connectivity index (χ0) is 14.9. The number of hydrogen-bond donors (Lipinski definition) is 2. The van der Waals surface area contributed by atoms with Crippen molar-refractivity contribution in [2.45, 2.75) is 19.9 Å². The molecule has 2 aromatic carbocycles. The van der Waals surface area contributed by atoms with Gasteiger partial charge in [-0.1, -0.05) is 35.3 Å². The summed E-state index contributed by atoms with van der Waals surface area (Å²) < 4.78 is 13.6. The maximum atomic E-state index is 13.6. The van der Waals surface area contributed by atoms with Crippen LogP contribution >= 0.6 is 23.2 Å². The second kappa shape index (κ2) is 5.90. The Bertz CT molecular complexity index is 623. The molecule has 2 rings (SSSR count). The zero-order valence-electron chi connectivity index (χ0n) is 11.0. The van der Waals surface area contributed by atoms with Crippen molar-refractivity contribution >= 4 is 28.9 Å². The first-order valence-corrected chi connectivity index (χ1v) is 6.84. The molecule has 106 valence electrons. The molecule has 0 saturated heterocycles. The first kappa shape index (κ1) is 14.9. The van der Waals surface area contributed by atoms with Gasteiger partial charge in [0.2, 0.25) is 0 Å². The average molecular weight is 314 g/mol. The summed E-state index contributed by atoms with van der Waals surface area (Å²) in [6, 6.07) is 8.12. The quantitative estimate of drug-likeness (QED) is 0.752. The lowest BCUT2D eigenvalue weighted by Gasteiger charge is -2.17. The minimum Gasteiger partial charge on any atom is -0.505 e. The third-order valence-corrected chi connectivity index (χ3v) is 3.67. The van der Waals surface area contributed by atoms with Gasteiger partial charge in [0.25, 0.3) is 0 Å². The normalized spacial score (nSPS) is 12.2. The van der Waals surface area contributed by atoms with Crippen molar-refractivity contribution in [1.82, 2.24) is 0 Å². The van der Waals surface area contributed by atoms with Crippen molar-refractivity contribution in [3.05, 3.63) is 57.3 Å². The highest BCUT2D eigenvalue weighted by Gasteiger charge is 2.11. The number of nitrogens with one attached hydrogen (secondary N) is 1. The van der Waals surface area contributed by atoms with Gasteiger partial charge in [-0.15, -0.1) is 0 Å². The van der Waals surface area contributed by atoms with Crippen LogP contribution in [0, 0.1) is 12.7 Å². The smallest absolute Gasteiger partial charge is 0.152 e. The average Bonchev–Trinajstić information content (AvgIpc) is 2.39. The number of benzene rings is 2. The number of halogens is 3. The van der Waals surface area contributed by atoms with Gasteiger partial charge in [0.15, 0.2) is 5.75 Å². The lowest BCUT2D eigenvalue weighted by Crippen LogP contribution is -2.07. The second-order valence-corrected chi connectivity index (χ2v) is 5.48. The molecule has 0 aliphatic rings. The molecule has 2 N–H and O–H groups in total. The summed E-state index contributed by atoms with van der Waals surface area (Å²) in [4.78, 5) is 0. The van der Waals surface area contributed by atoms with Crippen LogP contribution < -0.4 is 5.32 Å². The largest absolute Gasteiger partial charge is 0.505 e. The third-order valence-electron chi connectivity index (χ3n) is 3.10. The van der Waals surface area contributed by atoms with Crippen molar-refractivity contribution in [3.8, 4) is 5.75 Å². The van der Waals surface area contributed by atoms with Gasteiger partial charge in [0.1, 0.15) is 5.82 Å². The molecule has 0 amide bonds. The highest BCUT2D eigenvalue weighted by atomic mass is 35.5. The Morgan fingerprint density at radius 1 is 1.15 bits per heavy atom. The molecule has 0 aliphatic heterocycles. The fourth-order valence-corrected chi connectivity index (χ4v) is 2.35. The molecule has 1 atom stereocenters. The van der Waals surface area contributed by atoms with Crippen molar-refractivity contribution in [3.63, 3.8) is 0 Å². The van der Waals surface area contributed by atoms with Crippen molar-refractivity contribution in [1.29, 1.82) is 0 Å². The van der Waals surface area contributed by atoms with Crippen molar-refractivity contribution < 1.29 is 9.50 Å². The van der Waals surface area contributed by atoms with Gasteiger partial charge in [-0.3, -0.25) is 0 Å². The monoisotopic (exact) mass is 313 g/mol. The van der Waals surface area contributed by atoms with E-state index in [-0.39, 0.29) is 27.7 Å². The predicted octanol–water partition coefficient (Wildman–Crippen LogP) is 5.32. The number of anilines is 1. The fourth-order valence-electron chi connectivity index (χ4n) is 1.86. The molecule has 0 spiro atoms. The number of rotatable bonds is 3. The molecule has 0 saturated carbocycles. The molecule has 20 heavy (non-hydrogen) atoms. The van der Waals surface area contributed by atoms with Crippen molar-refractivity contribution in [2.24, 2.45) is 0 Å². The number of aromatic hydroxyl groups is 1. The van der Waals surface area contributed by atoms with Crippen LogP contribution in [0.1, 0.15) is 24.1 Å². The van der Waals surface area contributed by atoms with Crippen LogP contribution in [0.3, 0.4) is 0 Å². The number of phenols is 1. The molecule has 0 aromatic heterocycles. The van der Waals surface area contributed by atoms with E-state index < -0.39 is 0 Å². The number of aryl methyl sites for hydroxylation is 1. The maximum Gasteiger partial charge on any atom is 0.152 e. The highest BCUT2D eigenvalue weighted by molar-refractivity contribution is 6.37. The van der Waals surface area contributed by atoms with Crippen LogP contribution in [0.5, 0.6) is 5.75 Å². The topological polar surface area (TPSA) is 32.3 Å². The molecule has 2 aromatic rings. The van der Waals surface area contributed by atoms with E-state index in [0.29, 0.717) is 11.3 Å². The van der Waals surface area contributed by atoms with E-state index in [9.17, 15) is 9.50 Å². The van der Waals surface area contributed by atoms with E-state index in [1.807, 2.05) is 13.0 Å². The highest BCUT2D eigenvalue weighted by Crippen LogP contribution is 2.35. The van der Waals surface area contributed by atoms with Crippen LogP contribution in [-0.4, -0.2) is 5.11 Å². The molecule has 2 nitrogen and oxygen atoms in total. The minimum atomic E-state index is -0.238. The molecular formula is C15H14Cl2FNO. The molecular weight excluding hydrogens is 300 g/mol. The van der Waals surface area contributed by atoms with Gasteiger partial charge in [0, 0.05) is 11.7 Å². The van der Waals surface area contributed by atoms with Crippen molar-refractivity contribution in [2.75, 3.05) is 5.32 Å². The summed E-state index contributed by atoms with van der Waals surface area (Å²) in [5.74, 6) is -0.383. The standard InChI is InChI=1S/C15H14Cl2FNO/c1-8-3-4-10(5-14(8)18)9(2)19-11-6-12(16)15(20)13(17)7-11/h3-7,9,19-20H,1-2H3. The van der Waals surface area contributed by atoms with Crippen LogP contribution in [0.2, 0.25) is 10.0 Å². The Labute approximate surface area is 127 Å². The molecule has 5 heteroatoms. The van der Waals surface area contributed by atoms with Gasteiger partial charge in [-0.05, 0) is 43.2 Å². The van der Waals surface area contributed by atoms with Crippen LogP contribution in [0.15, 0.2) is 30.3 Å². The zero-order valence-corrected chi connectivity index (χ0v) is 12.6. The van der Waals surface area contributed by atoms with Crippen LogP contribution in [-0.2, 0) is 0 Å². The van der Waals surface area contributed by atoms with E-state index >= 15 is 0 Å². The van der Waals surface area contributed by atoms with E-state index in [1.165, 1.54) is 6.07 Å². The summed E-state index contributed by atoms with van der Waals surface area (Å²) in [6.07, 6.45) is 0. The summed E-state index contributed by atoms with van der Waals surface area (Å²) in [7, 11) is 0. The summed E-state index contributed by atoms with van der Waals surface area (Å²) >= 11 is 11.7. The minimum absolute atomic E-state index is 0.123. The molecule has 0 bridgehead atoms. The van der Waals surface area contributed by atoms with Crippen LogP contribution in [0.25, 0.3) is 0 Å².